The SMILES string of the molecule is CCOC(=O)c1ccc(NC(=O)[C@@H]2CN(S(=O)(=O)c3ccc(C)cc3)c3ccc(C)cc3O2)cc1. The van der Waals surface area contributed by atoms with Crippen LogP contribution in [0.3, 0.4) is 0 Å². The third kappa shape index (κ3) is 5.14. The van der Waals surface area contributed by atoms with Crippen LogP contribution in [0.4, 0.5) is 11.4 Å². The molecule has 1 heterocycles. The second-order valence-electron chi connectivity index (χ2n) is 8.21. The summed E-state index contributed by atoms with van der Waals surface area (Å²) in [6, 6.07) is 18.0. The van der Waals surface area contributed by atoms with Crippen molar-refractivity contribution < 1.29 is 27.5 Å². The van der Waals surface area contributed by atoms with Crippen molar-refractivity contribution in [2.45, 2.75) is 31.8 Å². The average molecular weight is 495 g/mol. The van der Waals surface area contributed by atoms with Crippen molar-refractivity contribution in [2.75, 3.05) is 22.8 Å². The van der Waals surface area contributed by atoms with Gasteiger partial charge in [0.1, 0.15) is 5.75 Å². The molecule has 0 saturated carbocycles. The number of amides is 1. The van der Waals surface area contributed by atoms with Crippen LogP contribution < -0.4 is 14.4 Å². The molecule has 3 aromatic rings. The van der Waals surface area contributed by atoms with E-state index in [1.807, 2.05) is 13.8 Å². The van der Waals surface area contributed by atoms with Gasteiger partial charge in [-0.15, -0.1) is 0 Å². The molecule has 1 amide bonds. The van der Waals surface area contributed by atoms with Gasteiger partial charge in [-0.1, -0.05) is 23.8 Å². The van der Waals surface area contributed by atoms with Gasteiger partial charge < -0.3 is 14.8 Å². The van der Waals surface area contributed by atoms with Crippen LogP contribution in [-0.2, 0) is 19.6 Å². The number of hydrogen-bond acceptors (Lipinski definition) is 6. The second kappa shape index (κ2) is 9.79. The number of rotatable bonds is 6. The molecule has 1 aliphatic heterocycles. The van der Waals surface area contributed by atoms with E-state index in [1.165, 1.54) is 4.31 Å². The van der Waals surface area contributed by atoms with Crippen LogP contribution in [0.25, 0.3) is 0 Å². The van der Waals surface area contributed by atoms with Crippen molar-refractivity contribution in [3.8, 4) is 5.75 Å². The smallest absolute Gasteiger partial charge is 0.338 e. The van der Waals surface area contributed by atoms with Gasteiger partial charge >= 0.3 is 5.97 Å². The molecule has 9 heteroatoms. The normalized spacial score (nSPS) is 15.1. The summed E-state index contributed by atoms with van der Waals surface area (Å²) in [6.07, 6.45) is -1.09. The van der Waals surface area contributed by atoms with E-state index in [-0.39, 0.29) is 18.0 Å². The lowest BCUT2D eigenvalue weighted by Crippen LogP contribution is -2.48. The van der Waals surface area contributed by atoms with E-state index >= 15 is 0 Å². The van der Waals surface area contributed by atoms with E-state index in [0.29, 0.717) is 22.7 Å². The minimum Gasteiger partial charge on any atom is -0.476 e. The zero-order chi connectivity index (χ0) is 25.2. The van der Waals surface area contributed by atoms with Gasteiger partial charge in [0.25, 0.3) is 15.9 Å². The molecule has 182 valence electrons. The average Bonchev–Trinajstić information content (AvgIpc) is 2.84. The maximum Gasteiger partial charge on any atom is 0.338 e. The Balaban J connectivity index is 1.60. The maximum absolute atomic E-state index is 13.5. The number of nitrogens with one attached hydrogen (secondary N) is 1. The Morgan fingerprint density at radius 2 is 1.66 bits per heavy atom. The van der Waals surface area contributed by atoms with Crippen LogP contribution in [-0.4, -0.2) is 39.5 Å². The largest absolute Gasteiger partial charge is 0.476 e. The van der Waals surface area contributed by atoms with Crippen LogP contribution in [0, 0.1) is 13.8 Å². The first-order chi connectivity index (χ1) is 16.7. The van der Waals surface area contributed by atoms with Gasteiger partial charge in [0, 0.05) is 5.69 Å². The molecule has 1 N–H and O–H groups in total. The number of fused-ring (bicyclic) bond motifs is 1. The van der Waals surface area contributed by atoms with Crippen molar-refractivity contribution >= 4 is 33.3 Å². The topological polar surface area (TPSA) is 102 Å². The summed E-state index contributed by atoms with van der Waals surface area (Å²) >= 11 is 0. The fourth-order valence-corrected chi connectivity index (χ4v) is 5.17. The van der Waals surface area contributed by atoms with Gasteiger partial charge in [-0.05, 0) is 74.9 Å². The molecule has 0 unspecified atom stereocenters. The number of aryl methyl sites for hydroxylation is 2. The summed E-state index contributed by atoms with van der Waals surface area (Å²) in [7, 11) is -3.94. The highest BCUT2D eigenvalue weighted by Crippen LogP contribution is 2.38. The zero-order valence-electron chi connectivity index (χ0n) is 19.6. The van der Waals surface area contributed by atoms with Crippen molar-refractivity contribution in [3.63, 3.8) is 0 Å². The van der Waals surface area contributed by atoms with Gasteiger partial charge in [0.15, 0.2) is 6.10 Å². The number of anilines is 2. The Labute approximate surface area is 204 Å². The lowest BCUT2D eigenvalue weighted by atomic mass is 10.1. The molecule has 0 bridgehead atoms. The number of esters is 1. The first-order valence-corrected chi connectivity index (χ1v) is 12.6. The fraction of sp³-hybridized carbons (Fsp3) is 0.231. The molecule has 0 aromatic heterocycles. The van der Waals surface area contributed by atoms with Crippen molar-refractivity contribution in [1.29, 1.82) is 0 Å². The molecule has 0 spiro atoms. The van der Waals surface area contributed by atoms with E-state index in [2.05, 4.69) is 5.32 Å². The number of ether oxygens (including phenoxy) is 2. The Hall–Kier alpha value is -3.85. The van der Waals surface area contributed by atoms with Gasteiger partial charge in [-0.25, -0.2) is 13.2 Å². The molecule has 0 radical (unpaired) electrons. The molecule has 0 aliphatic carbocycles. The van der Waals surface area contributed by atoms with Crippen LogP contribution in [0.2, 0.25) is 0 Å². The quantitative estimate of drug-likeness (QED) is 0.518. The Morgan fingerprint density at radius 3 is 2.31 bits per heavy atom. The van der Waals surface area contributed by atoms with Crippen molar-refractivity contribution in [2.24, 2.45) is 0 Å². The van der Waals surface area contributed by atoms with Crippen LogP contribution in [0.1, 0.15) is 28.4 Å². The van der Waals surface area contributed by atoms with Crippen LogP contribution in [0.5, 0.6) is 5.75 Å². The molecule has 3 aromatic carbocycles. The number of nitrogens with zero attached hydrogens (tertiary/aromatic N) is 1. The standard InChI is InChI=1S/C26H26N2O6S/c1-4-33-26(30)19-8-10-20(11-9-19)27-25(29)24-16-28(22-14-7-18(3)15-23(22)34-24)35(31,32)21-12-5-17(2)6-13-21/h5-15,24H,4,16H2,1-3H3,(H,27,29)/t24-/m0/s1. The molecule has 8 nitrogen and oxygen atoms in total. The number of sulfonamides is 1. The third-order valence-corrected chi connectivity index (χ3v) is 7.34. The third-order valence-electron chi connectivity index (χ3n) is 5.55. The monoisotopic (exact) mass is 494 g/mol. The Morgan fingerprint density at radius 1 is 1.00 bits per heavy atom. The lowest BCUT2D eigenvalue weighted by Gasteiger charge is -2.35. The predicted molar refractivity (Wildman–Crippen MR) is 132 cm³/mol. The van der Waals surface area contributed by atoms with Gasteiger partial charge in [-0.2, -0.15) is 0 Å². The second-order valence-corrected chi connectivity index (χ2v) is 10.1. The summed E-state index contributed by atoms with van der Waals surface area (Å²) in [6.45, 7) is 5.52. The lowest BCUT2D eigenvalue weighted by molar-refractivity contribution is -0.122. The highest BCUT2D eigenvalue weighted by atomic mass is 32.2. The Bertz CT molecular complexity index is 1350. The molecule has 0 saturated heterocycles. The zero-order valence-corrected chi connectivity index (χ0v) is 20.5. The summed E-state index contributed by atoms with van der Waals surface area (Å²) in [5.74, 6) is -0.653. The number of benzene rings is 3. The molecule has 1 aliphatic rings. The van der Waals surface area contributed by atoms with Crippen LogP contribution >= 0.6 is 0 Å². The van der Waals surface area contributed by atoms with E-state index in [9.17, 15) is 18.0 Å². The Kier molecular flexibility index (Phi) is 6.79. The van der Waals surface area contributed by atoms with Gasteiger partial charge in [0.2, 0.25) is 0 Å². The number of carbonyl (C=O) groups excluding carboxylic acids is 2. The predicted octanol–water partition coefficient (Wildman–Crippen LogP) is 4.08. The van der Waals surface area contributed by atoms with Gasteiger partial charge in [-0.3, -0.25) is 9.10 Å². The van der Waals surface area contributed by atoms with Crippen molar-refractivity contribution in [3.05, 3.63) is 83.4 Å². The minimum absolute atomic E-state index is 0.130. The molecule has 4 rings (SSSR count). The van der Waals surface area contributed by atoms with E-state index < -0.39 is 28.0 Å². The minimum atomic E-state index is -3.94. The maximum atomic E-state index is 13.5. The summed E-state index contributed by atoms with van der Waals surface area (Å²) < 4.78 is 39.2. The van der Waals surface area contributed by atoms with E-state index in [0.717, 1.165) is 11.1 Å². The highest BCUT2D eigenvalue weighted by molar-refractivity contribution is 7.92. The molecule has 0 fully saturated rings. The highest BCUT2D eigenvalue weighted by Gasteiger charge is 2.37. The van der Waals surface area contributed by atoms with E-state index in [1.54, 1.807) is 73.7 Å². The van der Waals surface area contributed by atoms with Gasteiger partial charge in [0.05, 0.1) is 29.3 Å². The molecule has 1 atom stereocenters. The summed E-state index contributed by atoms with van der Waals surface area (Å²) in [5, 5.41) is 2.74. The number of carbonyl (C=O) groups is 2. The molecular weight excluding hydrogens is 468 g/mol. The summed E-state index contributed by atoms with van der Waals surface area (Å²) in [4.78, 5) is 25.1. The molecular formula is C26H26N2O6S. The summed E-state index contributed by atoms with van der Waals surface area (Å²) in [5.41, 5.74) is 2.98. The first-order valence-electron chi connectivity index (χ1n) is 11.1. The fourth-order valence-electron chi connectivity index (χ4n) is 3.69. The van der Waals surface area contributed by atoms with Crippen molar-refractivity contribution in [1.82, 2.24) is 0 Å². The number of hydrogen-bond donors (Lipinski definition) is 1. The van der Waals surface area contributed by atoms with E-state index in [4.69, 9.17) is 9.47 Å². The molecule has 35 heavy (non-hydrogen) atoms. The van der Waals surface area contributed by atoms with Crippen LogP contribution in [0.15, 0.2) is 71.6 Å². The first kappa shape index (κ1) is 24.3.